The minimum absolute atomic E-state index is 0.182. The Morgan fingerprint density at radius 1 is 1.07 bits per heavy atom. The number of rotatable bonds is 4. The first-order valence-electron chi connectivity index (χ1n) is 9.46. The first-order chi connectivity index (χ1) is 13.8. The molecule has 3 rings (SSSR count). The topological polar surface area (TPSA) is 61.8 Å². The minimum Gasteiger partial charge on any atom is -0.508 e. The number of amides is 2. The molecular formula is C21H23F3N2O3. The Labute approximate surface area is 167 Å². The summed E-state index contributed by atoms with van der Waals surface area (Å²) in [5.41, 5.74) is -0.416. The summed E-state index contributed by atoms with van der Waals surface area (Å²) in [6.45, 7) is 1.66. The second-order valence-electron chi connectivity index (χ2n) is 7.09. The Balaban J connectivity index is 1.48. The van der Waals surface area contributed by atoms with Crippen molar-refractivity contribution in [1.29, 1.82) is 0 Å². The van der Waals surface area contributed by atoms with Gasteiger partial charge in [-0.2, -0.15) is 13.2 Å². The van der Waals surface area contributed by atoms with Crippen molar-refractivity contribution in [3.63, 3.8) is 0 Å². The van der Waals surface area contributed by atoms with Gasteiger partial charge >= 0.3 is 12.2 Å². The maximum absolute atomic E-state index is 12.6. The highest BCUT2D eigenvalue weighted by molar-refractivity contribution is 5.89. The lowest BCUT2D eigenvalue weighted by Gasteiger charge is -2.21. The molecule has 0 saturated carbocycles. The molecule has 5 nitrogen and oxygen atoms in total. The number of carbonyl (C=O) groups is 1. The largest absolute Gasteiger partial charge is 0.508 e. The fourth-order valence-corrected chi connectivity index (χ4v) is 3.24. The van der Waals surface area contributed by atoms with Gasteiger partial charge in [0.2, 0.25) is 0 Å². The predicted molar refractivity (Wildman–Crippen MR) is 103 cm³/mol. The number of phenols is 1. The van der Waals surface area contributed by atoms with Crippen molar-refractivity contribution >= 4 is 11.7 Å². The van der Waals surface area contributed by atoms with Crippen molar-refractivity contribution in [2.24, 2.45) is 5.92 Å². The average molecular weight is 408 g/mol. The second kappa shape index (κ2) is 9.07. The Bertz CT molecular complexity index is 807. The number of hydrogen-bond donors (Lipinski definition) is 2. The van der Waals surface area contributed by atoms with E-state index in [1.165, 1.54) is 12.1 Å². The number of nitrogens with one attached hydrogen (secondary N) is 1. The molecule has 1 aliphatic heterocycles. The van der Waals surface area contributed by atoms with E-state index in [1.54, 1.807) is 29.2 Å². The van der Waals surface area contributed by atoms with E-state index in [2.05, 4.69) is 5.32 Å². The third-order valence-electron chi connectivity index (χ3n) is 4.92. The minimum atomic E-state index is -4.40. The van der Waals surface area contributed by atoms with Gasteiger partial charge in [0.15, 0.2) is 0 Å². The molecule has 0 aliphatic carbocycles. The zero-order chi connectivity index (χ0) is 20.9. The van der Waals surface area contributed by atoms with Gasteiger partial charge in [0.1, 0.15) is 11.5 Å². The van der Waals surface area contributed by atoms with Gasteiger partial charge in [-0.15, -0.1) is 0 Å². The monoisotopic (exact) mass is 408 g/mol. The maximum atomic E-state index is 12.6. The number of ether oxygens (including phenoxy) is 1. The molecule has 1 saturated heterocycles. The van der Waals surface area contributed by atoms with Crippen molar-refractivity contribution in [1.82, 2.24) is 4.90 Å². The summed E-state index contributed by atoms with van der Waals surface area (Å²) < 4.78 is 43.6. The third kappa shape index (κ3) is 6.04. The van der Waals surface area contributed by atoms with Crippen molar-refractivity contribution in [3.8, 4) is 11.5 Å². The van der Waals surface area contributed by atoms with Crippen LogP contribution in [-0.4, -0.2) is 35.7 Å². The van der Waals surface area contributed by atoms with Gasteiger partial charge in [-0.1, -0.05) is 0 Å². The number of nitrogens with zero attached hydrogens (tertiary/aromatic N) is 1. The SMILES string of the molecule is O=C(Nc1ccc(C(F)(F)F)cc1)N1CCCC(COc2ccc(O)cc2)CC1. The Hall–Kier alpha value is -2.90. The number of phenolic OH excluding ortho intramolecular Hbond substituents is 1. The number of urea groups is 1. The average Bonchev–Trinajstić information content (AvgIpc) is 2.93. The molecule has 2 aromatic rings. The Kier molecular flexibility index (Phi) is 6.51. The van der Waals surface area contributed by atoms with Crippen LogP contribution in [0.2, 0.25) is 0 Å². The van der Waals surface area contributed by atoms with Gasteiger partial charge in [-0.25, -0.2) is 4.79 Å². The summed E-state index contributed by atoms with van der Waals surface area (Å²) in [6.07, 6.45) is -1.88. The van der Waals surface area contributed by atoms with E-state index in [0.29, 0.717) is 37.1 Å². The zero-order valence-electron chi connectivity index (χ0n) is 15.8. The lowest BCUT2D eigenvalue weighted by Crippen LogP contribution is -2.35. The smallest absolute Gasteiger partial charge is 0.416 e. The first-order valence-corrected chi connectivity index (χ1v) is 9.46. The van der Waals surface area contributed by atoms with Gasteiger partial charge in [0.25, 0.3) is 0 Å². The molecule has 0 bridgehead atoms. The molecular weight excluding hydrogens is 385 g/mol. The fraction of sp³-hybridized carbons (Fsp3) is 0.381. The van der Waals surface area contributed by atoms with Crippen LogP contribution in [0.5, 0.6) is 11.5 Å². The van der Waals surface area contributed by atoms with Gasteiger partial charge < -0.3 is 20.1 Å². The van der Waals surface area contributed by atoms with Crippen LogP contribution in [0.1, 0.15) is 24.8 Å². The number of hydrogen-bond acceptors (Lipinski definition) is 3. The normalized spacial score (nSPS) is 17.5. The zero-order valence-corrected chi connectivity index (χ0v) is 15.8. The van der Waals surface area contributed by atoms with Crippen LogP contribution < -0.4 is 10.1 Å². The molecule has 0 spiro atoms. The standard InChI is InChI=1S/C21H23F3N2O3/c22-21(23,24)16-3-5-17(6-4-16)25-20(28)26-12-1-2-15(11-13-26)14-29-19-9-7-18(27)8-10-19/h3-10,15,27H,1-2,11-14H2,(H,25,28). The van der Waals surface area contributed by atoms with E-state index in [9.17, 15) is 23.1 Å². The van der Waals surface area contributed by atoms with Gasteiger partial charge in [-0.05, 0) is 73.7 Å². The van der Waals surface area contributed by atoms with Crippen LogP contribution in [-0.2, 0) is 6.18 Å². The van der Waals surface area contributed by atoms with E-state index in [4.69, 9.17) is 4.74 Å². The molecule has 1 atom stereocenters. The first kappa shape index (κ1) is 20.8. The molecule has 1 aliphatic rings. The molecule has 2 N–H and O–H groups in total. The lowest BCUT2D eigenvalue weighted by atomic mass is 10.0. The third-order valence-corrected chi connectivity index (χ3v) is 4.92. The molecule has 1 heterocycles. The van der Waals surface area contributed by atoms with E-state index in [1.807, 2.05) is 0 Å². The quantitative estimate of drug-likeness (QED) is 0.738. The molecule has 2 aromatic carbocycles. The molecule has 29 heavy (non-hydrogen) atoms. The van der Waals surface area contributed by atoms with Crippen molar-refractivity contribution < 1.29 is 27.8 Å². The molecule has 156 valence electrons. The van der Waals surface area contributed by atoms with Crippen LogP contribution >= 0.6 is 0 Å². The fourth-order valence-electron chi connectivity index (χ4n) is 3.24. The predicted octanol–water partition coefficient (Wildman–Crippen LogP) is 5.12. The van der Waals surface area contributed by atoms with E-state index in [0.717, 1.165) is 31.4 Å². The molecule has 8 heteroatoms. The number of likely N-dealkylation sites (tertiary alicyclic amines) is 1. The van der Waals surface area contributed by atoms with Crippen LogP contribution in [0.4, 0.5) is 23.7 Å². The molecule has 0 aromatic heterocycles. The van der Waals surface area contributed by atoms with Crippen LogP contribution in [0.3, 0.4) is 0 Å². The molecule has 1 unspecified atom stereocenters. The molecule has 0 radical (unpaired) electrons. The van der Waals surface area contributed by atoms with Crippen LogP contribution in [0.25, 0.3) is 0 Å². The van der Waals surface area contributed by atoms with Gasteiger partial charge in [-0.3, -0.25) is 0 Å². The Morgan fingerprint density at radius 2 is 1.76 bits per heavy atom. The van der Waals surface area contributed by atoms with E-state index < -0.39 is 11.7 Å². The highest BCUT2D eigenvalue weighted by Gasteiger charge is 2.30. The summed E-state index contributed by atoms with van der Waals surface area (Å²) >= 11 is 0. The summed E-state index contributed by atoms with van der Waals surface area (Å²) in [5, 5.41) is 12.0. The molecule has 1 fully saturated rings. The lowest BCUT2D eigenvalue weighted by molar-refractivity contribution is -0.137. The van der Waals surface area contributed by atoms with E-state index >= 15 is 0 Å². The van der Waals surface area contributed by atoms with E-state index in [-0.39, 0.29) is 11.8 Å². The summed E-state index contributed by atoms with van der Waals surface area (Å²) in [7, 11) is 0. The number of anilines is 1. The van der Waals surface area contributed by atoms with Gasteiger partial charge in [0.05, 0.1) is 12.2 Å². The number of benzene rings is 2. The number of alkyl halides is 3. The highest BCUT2D eigenvalue weighted by atomic mass is 19.4. The highest BCUT2D eigenvalue weighted by Crippen LogP contribution is 2.30. The maximum Gasteiger partial charge on any atom is 0.416 e. The second-order valence-corrected chi connectivity index (χ2v) is 7.09. The number of carbonyl (C=O) groups excluding carboxylic acids is 1. The van der Waals surface area contributed by atoms with Crippen LogP contribution in [0.15, 0.2) is 48.5 Å². The van der Waals surface area contributed by atoms with Crippen molar-refractivity contribution in [2.45, 2.75) is 25.4 Å². The summed E-state index contributed by atoms with van der Waals surface area (Å²) in [5.74, 6) is 1.16. The summed E-state index contributed by atoms with van der Waals surface area (Å²) in [6, 6.07) is 10.6. The van der Waals surface area contributed by atoms with Gasteiger partial charge in [0, 0.05) is 18.8 Å². The Morgan fingerprint density at radius 3 is 2.41 bits per heavy atom. The molecule has 2 amide bonds. The van der Waals surface area contributed by atoms with Crippen LogP contribution in [0, 0.1) is 5.92 Å². The summed E-state index contributed by atoms with van der Waals surface area (Å²) in [4.78, 5) is 14.1. The number of aromatic hydroxyl groups is 1. The van der Waals surface area contributed by atoms with Crippen molar-refractivity contribution in [2.75, 3.05) is 25.0 Å². The number of halogens is 3. The van der Waals surface area contributed by atoms with Crippen molar-refractivity contribution in [3.05, 3.63) is 54.1 Å².